The second kappa shape index (κ2) is 7.63. The van der Waals surface area contributed by atoms with E-state index in [1.165, 1.54) is 11.3 Å². The number of esters is 1. The number of aromatic nitrogens is 1. The van der Waals surface area contributed by atoms with Crippen LogP contribution in [0, 0.1) is 0 Å². The fourth-order valence-corrected chi connectivity index (χ4v) is 3.79. The molecule has 0 spiro atoms. The van der Waals surface area contributed by atoms with Crippen LogP contribution in [0.2, 0.25) is 0 Å². The average Bonchev–Trinajstić information content (AvgIpc) is 3.08. The molecule has 1 fully saturated rings. The van der Waals surface area contributed by atoms with Gasteiger partial charge in [-0.25, -0.2) is 14.2 Å². The molecular formula is C17H21FN4O3S. The molecule has 0 bridgehead atoms. The number of hydrogen-bond donors (Lipinski definition) is 1. The molecule has 2 aliphatic rings. The number of alkyl halides is 1. The number of thiazole rings is 1. The van der Waals surface area contributed by atoms with Crippen LogP contribution in [0.5, 0.6) is 0 Å². The molecule has 2 aliphatic heterocycles. The van der Waals surface area contributed by atoms with Crippen molar-refractivity contribution < 1.29 is 18.7 Å². The molecule has 0 aliphatic carbocycles. The van der Waals surface area contributed by atoms with Crippen LogP contribution in [0.3, 0.4) is 0 Å². The van der Waals surface area contributed by atoms with Gasteiger partial charge in [-0.1, -0.05) is 0 Å². The molecule has 0 radical (unpaired) electrons. The topological polar surface area (TPSA) is 83.9 Å². The summed E-state index contributed by atoms with van der Waals surface area (Å²) in [6.45, 7) is 4.50. The highest BCUT2D eigenvalue weighted by Gasteiger charge is 2.44. The first-order valence-corrected chi connectivity index (χ1v) is 9.33. The number of hydrogen-bond acceptors (Lipinski definition) is 8. The minimum Gasteiger partial charge on any atom is -0.463 e. The van der Waals surface area contributed by atoms with Crippen molar-refractivity contribution in [2.24, 2.45) is 4.99 Å². The van der Waals surface area contributed by atoms with E-state index in [1.807, 2.05) is 17.2 Å². The summed E-state index contributed by atoms with van der Waals surface area (Å²) in [5.74, 6) is 0.167. The smallest absolute Gasteiger partial charge is 0.338 e. The molecule has 1 N–H and O–H groups in total. The third-order valence-corrected chi connectivity index (χ3v) is 5.09. The zero-order chi connectivity index (χ0) is 18.7. The van der Waals surface area contributed by atoms with Gasteiger partial charge in [0.1, 0.15) is 12.0 Å². The normalized spacial score (nSPS) is 22.3. The Balaban J connectivity index is 1.80. The van der Waals surface area contributed by atoms with Crippen molar-refractivity contribution in [1.82, 2.24) is 15.2 Å². The molecule has 3 rings (SSSR count). The lowest BCUT2D eigenvalue weighted by Crippen LogP contribution is -2.60. The SMILES string of the molecule is CCOC(=O)C1=C(CN2CC(F)(CC=O)C2)NC(c2nccs2)=N[C@H]1C. The minimum atomic E-state index is -1.47. The average molecular weight is 380 g/mol. The number of nitrogens with zero attached hydrogens (tertiary/aromatic N) is 3. The molecule has 3 heterocycles. The lowest BCUT2D eigenvalue weighted by Gasteiger charge is -2.44. The Morgan fingerprint density at radius 1 is 1.58 bits per heavy atom. The van der Waals surface area contributed by atoms with Gasteiger partial charge < -0.3 is 14.8 Å². The first-order chi connectivity index (χ1) is 12.5. The molecule has 1 aromatic heterocycles. The Morgan fingerprint density at radius 3 is 2.96 bits per heavy atom. The Morgan fingerprint density at radius 2 is 2.35 bits per heavy atom. The maximum Gasteiger partial charge on any atom is 0.338 e. The maximum atomic E-state index is 14.2. The van der Waals surface area contributed by atoms with Gasteiger partial charge in [0.25, 0.3) is 0 Å². The van der Waals surface area contributed by atoms with Crippen LogP contribution in [0.15, 0.2) is 27.8 Å². The van der Waals surface area contributed by atoms with Crippen molar-refractivity contribution in [3.63, 3.8) is 0 Å². The molecule has 26 heavy (non-hydrogen) atoms. The van der Waals surface area contributed by atoms with Crippen molar-refractivity contribution >= 4 is 29.4 Å². The van der Waals surface area contributed by atoms with E-state index in [0.717, 1.165) is 5.01 Å². The number of nitrogens with one attached hydrogen (secondary N) is 1. The summed E-state index contributed by atoms with van der Waals surface area (Å²) in [7, 11) is 0. The molecule has 0 aromatic carbocycles. The molecule has 1 atom stereocenters. The molecule has 1 saturated heterocycles. The van der Waals surface area contributed by atoms with Crippen molar-refractivity contribution in [3.05, 3.63) is 27.9 Å². The molecule has 140 valence electrons. The second-order valence-corrected chi connectivity index (χ2v) is 7.29. The van der Waals surface area contributed by atoms with Crippen molar-refractivity contribution in [2.75, 3.05) is 26.2 Å². The van der Waals surface area contributed by atoms with Crippen LogP contribution >= 0.6 is 11.3 Å². The summed E-state index contributed by atoms with van der Waals surface area (Å²) < 4.78 is 19.4. The van der Waals surface area contributed by atoms with Crippen molar-refractivity contribution in [1.29, 1.82) is 0 Å². The number of aliphatic imine (C=N–C) groups is 1. The monoisotopic (exact) mass is 380 g/mol. The van der Waals surface area contributed by atoms with E-state index < -0.39 is 17.7 Å². The van der Waals surface area contributed by atoms with E-state index in [1.54, 1.807) is 13.1 Å². The number of likely N-dealkylation sites (tertiary alicyclic amines) is 1. The lowest BCUT2D eigenvalue weighted by molar-refractivity contribution is -0.138. The number of amidine groups is 1. The largest absolute Gasteiger partial charge is 0.463 e. The molecule has 7 nitrogen and oxygen atoms in total. The minimum absolute atomic E-state index is 0.108. The van der Waals surface area contributed by atoms with Crippen LogP contribution in [0.25, 0.3) is 0 Å². The third kappa shape index (κ3) is 3.83. The van der Waals surface area contributed by atoms with Gasteiger partial charge in [-0.2, -0.15) is 0 Å². The highest BCUT2D eigenvalue weighted by Crippen LogP contribution is 2.30. The highest BCUT2D eigenvalue weighted by atomic mass is 32.1. The lowest BCUT2D eigenvalue weighted by atomic mass is 9.92. The van der Waals surface area contributed by atoms with E-state index in [0.29, 0.717) is 29.9 Å². The second-order valence-electron chi connectivity index (χ2n) is 6.40. The summed E-state index contributed by atoms with van der Waals surface area (Å²) in [5.41, 5.74) is -0.387. The Hall–Kier alpha value is -2.13. The Kier molecular flexibility index (Phi) is 5.47. The first-order valence-electron chi connectivity index (χ1n) is 8.45. The molecular weight excluding hydrogens is 359 g/mol. The van der Waals surface area contributed by atoms with E-state index in [4.69, 9.17) is 4.74 Å². The standard InChI is InChI=1S/C17H21FN4O3S/c1-3-25-16(24)13-11(2)20-14(15-19-5-7-26-15)21-12(13)8-22-9-17(18,10-22)4-6-23/h5-7,11H,3-4,8-10H2,1-2H3,(H,20,21)/t11-/m0/s1. The summed E-state index contributed by atoms with van der Waals surface area (Å²) >= 11 is 1.44. The van der Waals surface area contributed by atoms with Crippen LogP contribution < -0.4 is 5.32 Å². The van der Waals surface area contributed by atoms with E-state index >= 15 is 0 Å². The number of carbonyl (C=O) groups is 2. The zero-order valence-electron chi connectivity index (χ0n) is 14.7. The summed E-state index contributed by atoms with van der Waals surface area (Å²) in [5, 5.41) is 5.75. The van der Waals surface area contributed by atoms with Crippen LogP contribution in [0.4, 0.5) is 4.39 Å². The van der Waals surface area contributed by atoms with Gasteiger partial charge in [0.2, 0.25) is 0 Å². The third-order valence-electron chi connectivity index (χ3n) is 4.31. The Bertz CT molecular complexity index is 741. The summed E-state index contributed by atoms with van der Waals surface area (Å²) in [4.78, 5) is 33.6. The molecule has 1 aromatic rings. The van der Waals surface area contributed by atoms with Gasteiger partial charge in [-0.05, 0) is 13.8 Å². The molecule has 0 amide bonds. The quantitative estimate of drug-likeness (QED) is 0.567. The van der Waals surface area contributed by atoms with Crippen LogP contribution in [0.1, 0.15) is 25.3 Å². The predicted octanol–water partition coefficient (Wildman–Crippen LogP) is 1.31. The maximum absolute atomic E-state index is 14.2. The molecule has 0 unspecified atom stereocenters. The molecule has 0 saturated carbocycles. The zero-order valence-corrected chi connectivity index (χ0v) is 15.5. The van der Waals surface area contributed by atoms with Crippen LogP contribution in [-0.2, 0) is 14.3 Å². The van der Waals surface area contributed by atoms with Crippen molar-refractivity contribution in [3.8, 4) is 0 Å². The number of halogens is 1. The van der Waals surface area contributed by atoms with E-state index in [-0.39, 0.29) is 26.1 Å². The van der Waals surface area contributed by atoms with Gasteiger partial charge in [0.15, 0.2) is 10.8 Å². The fraction of sp³-hybridized carbons (Fsp3) is 0.529. The van der Waals surface area contributed by atoms with Gasteiger partial charge in [0.05, 0.1) is 18.2 Å². The van der Waals surface area contributed by atoms with E-state index in [2.05, 4.69) is 15.3 Å². The van der Waals surface area contributed by atoms with Gasteiger partial charge in [-0.15, -0.1) is 11.3 Å². The number of ether oxygens (including phenoxy) is 1. The highest BCUT2D eigenvalue weighted by molar-refractivity contribution is 7.11. The van der Waals surface area contributed by atoms with Gasteiger partial charge in [0, 0.05) is 43.3 Å². The summed E-state index contributed by atoms with van der Waals surface area (Å²) in [6, 6.07) is -0.393. The van der Waals surface area contributed by atoms with Crippen molar-refractivity contribution in [2.45, 2.75) is 32.0 Å². The number of aldehydes is 1. The Labute approximate surface area is 155 Å². The summed E-state index contributed by atoms with van der Waals surface area (Å²) in [6.07, 6.45) is 2.18. The van der Waals surface area contributed by atoms with Gasteiger partial charge in [-0.3, -0.25) is 9.89 Å². The molecule has 9 heteroatoms. The van der Waals surface area contributed by atoms with Crippen LogP contribution in [-0.4, -0.2) is 65.9 Å². The number of rotatable bonds is 7. The van der Waals surface area contributed by atoms with E-state index in [9.17, 15) is 14.0 Å². The van der Waals surface area contributed by atoms with Gasteiger partial charge >= 0.3 is 5.97 Å². The fourth-order valence-electron chi connectivity index (χ4n) is 3.20. The number of carbonyl (C=O) groups excluding carboxylic acids is 2. The predicted molar refractivity (Wildman–Crippen MR) is 95.9 cm³/mol. The first kappa shape index (κ1) is 18.7.